The lowest BCUT2D eigenvalue weighted by Crippen LogP contribution is -2.54. The Morgan fingerprint density at radius 2 is 1.57 bits per heavy atom. The topological polar surface area (TPSA) is 206 Å². The van der Waals surface area contributed by atoms with Crippen LogP contribution in [-0.4, -0.2) is 71.6 Å². The summed E-state index contributed by atoms with van der Waals surface area (Å²) in [6.45, 7) is 11.5. The van der Waals surface area contributed by atoms with Crippen LogP contribution in [0.1, 0.15) is 92.1 Å². The van der Waals surface area contributed by atoms with Crippen molar-refractivity contribution < 1.29 is 38.3 Å². The molecular formula is C35H54N6O8. The summed E-state index contributed by atoms with van der Waals surface area (Å²) < 4.78 is 5.23. The van der Waals surface area contributed by atoms with Gasteiger partial charge in [-0.1, -0.05) is 60.1 Å². The number of amides is 7. The number of anilines is 1. The summed E-state index contributed by atoms with van der Waals surface area (Å²) in [6, 6.07) is 4.14. The maximum absolute atomic E-state index is 13.4. The molecule has 1 saturated heterocycles. The minimum absolute atomic E-state index is 0.0958. The highest BCUT2D eigenvalue weighted by Crippen LogP contribution is 2.26. The zero-order valence-corrected chi connectivity index (χ0v) is 29.6. The Morgan fingerprint density at radius 1 is 0.898 bits per heavy atom. The molecule has 3 atom stereocenters. The molecule has 1 heterocycles. The van der Waals surface area contributed by atoms with Crippen LogP contribution >= 0.6 is 0 Å². The van der Waals surface area contributed by atoms with Crippen molar-refractivity contribution in [2.24, 2.45) is 29.4 Å². The van der Waals surface area contributed by atoms with Gasteiger partial charge in [0.15, 0.2) is 0 Å². The van der Waals surface area contributed by atoms with Gasteiger partial charge in [0.25, 0.3) is 0 Å². The van der Waals surface area contributed by atoms with Gasteiger partial charge in [0.1, 0.15) is 18.7 Å². The van der Waals surface area contributed by atoms with Crippen LogP contribution in [0.2, 0.25) is 0 Å². The lowest BCUT2D eigenvalue weighted by molar-refractivity contribution is -0.148. The SMILES string of the molecule is CC(C)C(=O)OCc1ccc(NC(=O)C(CCCNC(N)=O)NC(=O)[C@@H](NC(=O)CCCCCN2C(=O)CC(C(C)C)C2=O)C(C)C)cc1. The van der Waals surface area contributed by atoms with Crippen molar-refractivity contribution in [3.8, 4) is 0 Å². The fraction of sp³-hybridized carbons (Fsp3) is 0.629. The third kappa shape index (κ3) is 13.9. The molecule has 14 nitrogen and oxygen atoms in total. The molecule has 1 fully saturated rings. The summed E-state index contributed by atoms with van der Waals surface area (Å²) in [4.78, 5) is 88.5. The molecule has 1 aromatic rings. The van der Waals surface area contributed by atoms with E-state index in [1.807, 2.05) is 13.8 Å². The Kier molecular flexibility index (Phi) is 16.7. The Bertz CT molecular complexity index is 1310. The molecule has 0 spiro atoms. The first-order valence-electron chi connectivity index (χ1n) is 17.1. The first-order valence-corrected chi connectivity index (χ1v) is 17.1. The molecule has 2 rings (SSSR count). The van der Waals surface area contributed by atoms with E-state index >= 15 is 0 Å². The molecule has 0 radical (unpaired) electrons. The van der Waals surface area contributed by atoms with Crippen molar-refractivity contribution in [3.05, 3.63) is 29.8 Å². The van der Waals surface area contributed by atoms with Gasteiger partial charge in [-0.15, -0.1) is 0 Å². The van der Waals surface area contributed by atoms with Gasteiger partial charge in [-0.25, -0.2) is 4.79 Å². The summed E-state index contributed by atoms with van der Waals surface area (Å²) in [7, 11) is 0. The average molecular weight is 687 g/mol. The number of nitrogens with two attached hydrogens (primary N) is 1. The van der Waals surface area contributed by atoms with Crippen molar-refractivity contribution in [2.45, 2.75) is 105 Å². The predicted octanol–water partition coefficient (Wildman–Crippen LogP) is 2.99. The van der Waals surface area contributed by atoms with Gasteiger partial charge in [-0.3, -0.25) is 33.7 Å². The number of rotatable bonds is 20. The maximum atomic E-state index is 13.4. The molecule has 6 N–H and O–H groups in total. The summed E-state index contributed by atoms with van der Waals surface area (Å²) in [6.07, 6.45) is 2.64. The van der Waals surface area contributed by atoms with Gasteiger partial charge >= 0.3 is 12.0 Å². The fourth-order valence-electron chi connectivity index (χ4n) is 5.26. The fourth-order valence-corrected chi connectivity index (χ4v) is 5.26. The maximum Gasteiger partial charge on any atom is 0.312 e. The van der Waals surface area contributed by atoms with Crippen LogP contribution < -0.4 is 27.0 Å². The first kappa shape index (κ1) is 40.7. The van der Waals surface area contributed by atoms with Crippen molar-refractivity contribution in [3.63, 3.8) is 0 Å². The summed E-state index contributed by atoms with van der Waals surface area (Å²) in [5.74, 6) is -2.64. The number of hydrogen-bond acceptors (Lipinski definition) is 8. The molecule has 7 amide bonds. The van der Waals surface area contributed by atoms with Gasteiger partial charge in [0.05, 0.1) is 5.92 Å². The second kappa shape index (κ2) is 20.1. The van der Waals surface area contributed by atoms with Crippen LogP contribution in [0.5, 0.6) is 0 Å². The van der Waals surface area contributed by atoms with E-state index in [9.17, 15) is 33.6 Å². The highest BCUT2D eigenvalue weighted by atomic mass is 16.5. The van der Waals surface area contributed by atoms with Crippen LogP contribution in [0.4, 0.5) is 10.5 Å². The number of carbonyl (C=O) groups is 7. The molecule has 0 aliphatic carbocycles. The number of carbonyl (C=O) groups excluding carboxylic acids is 7. The molecule has 0 aromatic heterocycles. The first-order chi connectivity index (χ1) is 23.1. The molecule has 1 aliphatic rings. The molecule has 1 aliphatic heterocycles. The lowest BCUT2D eigenvalue weighted by atomic mass is 9.94. The zero-order valence-electron chi connectivity index (χ0n) is 29.6. The van der Waals surface area contributed by atoms with Gasteiger partial charge in [0, 0.05) is 37.5 Å². The lowest BCUT2D eigenvalue weighted by Gasteiger charge is -2.25. The molecular weight excluding hydrogens is 632 g/mol. The summed E-state index contributed by atoms with van der Waals surface area (Å²) >= 11 is 0. The standard InChI is InChI=1S/C35H54N6O8/c1-21(2)26-19-29(43)41(33(26)46)18-9-7-8-12-28(42)40-30(22(3)4)32(45)39-27(11-10-17-37-35(36)48)31(44)38-25-15-13-24(14-16-25)20-49-34(47)23(5)6/h13-16,21-23,26-27,30H,7-12,17-20H2,1-6H3,(H,38,44)(H,39,45)(H,40,42)(H3,36,37,48)/t26?,27?,30-/m0/s1. The average Bonchev–Trinajstić information content (AvgIpc) is 3.32. The summed E-state index contributed by atoms with van der Waals surface area (Å²) in [5, 5.41) is 10.8. The minimum atomic E-state index is -0.988. The predicted molar refractivity (Wildman–Crippen MR) is 183 cm³/mol. The molecule has 0 bridgehead atoms. The third-order valence-corrected chi connectivity index (χ3v) is 8.31. The highest BCUT2D eigenvalue weighted by molar-refractivity contribution is 6.03. The van der Waals surface area contributed by atoms with E-state index in [4.69, 9.17) is 10.5 Å². The number of urea groups is 1. The molecule has 14 heteroatoms. The number of ether oxygens (including phenoxy) is 1. The number of nitrogens with one attached hydrogen (secondary N) is 4. The molecule has 1 aromatic carbocycles. The largest absolute Gasteiger partial charge is 0.461 e. The second-order valence-electron chi connectivity index (χ2n) is 13.5. The second-order valence-corrected chi connectivity index (χ2v) is 13.5. The minimum Gasteiger partial charge on any atom is -0.461 e. The number of primary amides is 1. The number of nitrogens with zero attached hydrogens (tertiary/aromatic N) is 1. The zero-order chi connectivity index (χ0) is 36.7. The number of likely N-dealkylation sites (tertiary alicyclic amines) is 1. The number of esters is 1. The van der Waals surface area contributed by atoms with Crippen molar-refractivity contribution >= 4 is 47.2 Å². The van der Waals surface area contributed by atoms with E-state index in [0.717, 1.165) is 5.56 Å². The van der Waals surface area contributed by atoms with Gasteiger partial charge in [-0.2, -0.15) is 0 Å². The molecule has 49 heavy (non-hydrogen) atoms. The van der Waals surface area contributed by atoms with Crippen LogP contribution in [0, 0.1) is 23.7 Å². The quantitative estimate of drug-likeness (QED) is 0.0781. The smallest absolute Gasteiger partial charge is 0.312 e. The van der Waals surface area contributed by atoms with E-state index in [0.29, 0.717) is 37.9 Å². The Hall–Kier alpha value is -4.49. The van der Waals surface area contributed by atoms with Crippen LogP contribution in [0.15, 0.2) is 24.3 Å². The Labute approximate surface area is 289 Å². The van der Waals surface area contributed by atoms with E-state index in [-0.39, 0.29) is 79.8 Å². The molecule has 0 saturated carbocycles. The number of benzene rings is 1. The van der Waals surface area contributed by atoms with Crippen LogP contribution in [0.3, 0.4) is 0 Å². The van der Waals surface area contributed by atoms with Crippen molar-refractivity contribution in [2.75, 3.05) is 18.4 Å². The van der Waals surface area contributed by atoms with Gasteiger partial charge in [0.2, 0.25) is 29.5 Å². The monoisotopic (exact) mass is 686 g/mol. The molecule has 272 valence electrons. The van der Waals surface area contributed by atoms with Crippen LogP contribution in [0.25, 0.3) is 0 Å². The van der Waals surface area contributed by atoms with Gasteiger partial charge in [-0.05, 0) is 55.2 Å². The van der Waals surface area contributed by atoms with Crippen molar-refractivity contribution in [1.82, 2.24) is 20.9 Å². The Morgan fingerprint density at radius 3 is 2.14 bits per heavy atom. The summed E-state index contributed by atoms with van der Waals surface area (Å²) in [5.41, 5.74) is 6.35. The van der Waals surface area contributed by atoms with E-state index in [1.165, 1.54) is 4.90 Å². The normalized spacial score (nSPS) is 15.7. The van der Waals surface area contributed by atoms with E-state index in [1.54, 1.807) is 52.0 Å². The highest BCUT2D eigenvalue weighted by Gasteiger charge is 2.39. The number of unbranched alkanes of at least 4 members (excludes halogenated alkanes) is 2. The van der Waals surface area contributed by atoms with E-state index in [2.05, 4.69) is 21.3 Å². The van der Waals surface area contributed by atoms with Gasteiger partial charge < -0.3 is 31.7 Å². The molecule has 2 unspecified atom stereocenters. The number of hydrogen-bond donors (Lipinski definition) is 5. The Balaban J connectivity index is 1.94. The van der Waals surface area contributed by atoms with E-state index < -0.39 is 29.9 Å². The third-order valence-electron chi connectivity index (χ3n) is 8.31. The number of imide groups is 1. The van der Waals surface area contributed by atoms with Crippen LogP contribution in [-0.2, 0) is 40.1 Å². The van der Waals surface area contributed by atoms with Crippen molar-refractivity contribution in [1.29, 1.82) is 0 Å².